The molecule has 1 aliphatic heterocycles. The zero-order valence-corrected chi connectivity index (χ0v) is 7.50. The molecule has 1 atom stereocenters. The van der Waals surface area contributed by atoms with Crippen LogP contribution in [0.1, 0.15) is 26.7 Å². The summed E-state index contributed by atoms with van der Waals surface area (Å²) in [5.41, 5.74) is 0. The van der Waals surface area contributed by atoms with Gasteiger partial charge in [0.25, 0.3) is 0 Å². The lowest BCUT2D eigenvalue weighted by Gasteiger charge is -2.02. The maximum Gasteiger partial charge on any atom is 0.334 e. The van der Waals surface area contributed by atoms with Crippen LogP contribution in [-0.4, -0.2) is 18.7 Å². The predicted molar refractivity (Wildman–Crippen MR) is 44.5 cm³/mol. The van der Waals surface area contributed by atoms with Crippen molar-refractivity contribution in [3.8, 4) is 0 Å². The fourth-order valence-electron chi connectivity index (χ4n) is 1.14. The third-order valence-electron chi connectivity index (χ3n) is 1.72. The SMILES string of the molecule is CCOC(=O)/C=C1/CC[C@H](C)O1. The molecule has 0 amide bonds. The molecule has 12 heavy (non-hydrogen) atoms. The molecule has 68 valence electrons. The number of hydrogen-bond acceptors (Lipinski definition) is 3. The molecule has 1 fully saturated rings. The Hall–Kier alpha value is -0.990. The van der Waals surface area contributed by atoms with Crippen LogP contribution in [-0.2, 0) is 14.3 Å². The number of carbonyl (C=O) groups is 1. The lowest BCUT2D eigenvalue weighted by Crippen LogP contribution is -2.01. The minimum Gasteiger partial charge on any atom is -0.495 e. The van der Waals surface area contributed by atoms with Gasteiger partial charge in [-0.3, -0.25) is 0 Å². The minimum atomic E-state index is -0.304. The minimum absolute atomic E-state index is 0.241. The predicted octanol–water partition coefficient (Wildman–Crippen LogP) is 1.63. The van der Waals surface area contributed by atoms with Crippen molar-refractivity contribution < 1.29 is 14.3 Å². The number of hydrogen-bond donors (Lipinski definition) is 0. The van der Waals surface area contributed by atoms with Crippen molar-refractivity contribution >= 4 is 5.97 Å². The van der Waals surface area contributed by atoms with Crippen molar-refractivity contribution in [1.82, 2.24) is 0 Å². The van der Waals surface area contributed by atoms with E-state index in [1.54, 1.807) is 6.92 Å². The molecule has 1 rings (SSSR count). The van der Waals surface area contributed by atoms with Crippen LogP contribution in [0.15, 0.2) is 11.8 Å². The van der Waals surface area contributed by atoms with Gasteiger partial charge in [0.15, 0.2) is 0 Å². The van der Waals surface area contributed by atoms with E-state index in [0.717, 1.165) is 18.6 Å². The number of esters is 1. The van der Waals surface area contributed by atoms with Gasteiger partial charge in [0.1, 0.15) is 5.76 Å². The Morgan fingerprint density at radius 1 is 1.83 bits per heavy atom. The molecular weight excluding hydrogens is 156 g/mol. The summed E-state index contributed by atoms with van der Waals surface area (Å²) in [6, 6.07) is 0. The molecule has 3 heteroatoms. The van der Waals surface area contributed by atoms with Gasteiger partial charge >= 0.3 is 5.97 Å². The van der Waals surface area contributed by atoms with E-state index in [1.807, 2.05) is 6.92 Å². The van der Waals surface area contributed by atoms with Crippen molar-refractivity contribution in [2.45, 2.75) is 32.8 Å². The van der Waals surface area contributed by atoms with Crippen molar-refractivity contribution in [3.05, 3.63) is 11.8 Å². The average molecular weight is 170 g/mol. The third-order valence-corrected chi connectivity index (χ3v) is 1.72. The van der Waals surface area contributed by atoms with Gasteiger partial charge in [-0.25, -0.2) is 4.79 Å². The Labute approximate surface area is 72.4 Å². The van der Waals surface area contributed by atoms with Crippen molar-refractivity contribution in [1.29, 1.82) is 0 Å². The second kappa shape index (κ2) is 4.14. The van der Waals surface area contributed by atoms with Crippen LogP contribution in [0.25, 0.3) is 0 Å². The molecule has 0 aromatic heterocycles. The van der Waals surface area contributed by atoms with E-state index < -0.39 is 0 Å². The Kier molecular flexibility index (Phi) is 3.14. The summed E-state index contributed by atoms with van der Waals surface area (Å²) in [4.78, 5) is 10.9. The van der Waals surface area contributed by atoms with Gasteiger partial charge in [0.2, 0.25) is 0 Å². The highest BCUT2D eigenvalue weighted by Crippen LogP contribution is 2.22. The number of allylic oxidation sites excluding steroid dienone is 1. The molecule has 0 unspecified atom stereocenters. The molecule has 3 nitrogen and oxygen atoms in total. The summed E-state index contributed by atoms with van der Waals surface area (Å²) in [5.74, 6) is 0.447. The molecule has 0 saturated carbocycles. The number of rotatable bonds is 2. The van der Waals surface area contributed by atoms with Gasteiger partial charge in [-0.1, -0.05) is 0 Å². The highest BCUT2D eigenvalue weighted by atomic mass is 16.5. The highest BCUT2D eigenvalue weighted by Gasteiger charge is 2.16. The Bertz CT molecular complexity index is 196. The van der Waals surface area contributed by atoms with E-state index >= 15 is 0 Å². The largest absolute Gasteiger partial charge is 0.495 e. The molecule has 0 aromatic rings. The lowest BCUT2D eigenvalue weighted by molar-refractivity contribution is -0.137. The molecule has 1 saturated heterocycles. The maximum absolute atomic E-state index is 10.9. The topological polar surface area (TPSA) is 35.5 Å². The van der Waals surface area contributed by atoms with Crippen molar-refractivity contribution in [2.75, 3.05) is 6.61 Å². The first kappa shape index (κ1) is 9.10. The molecule has 0 spiro atoms. The van der Waals surface area contributed by atoms with Gasteiger partial charge < -0.3 is 9.47 Å². The number of ether oxygens (including phenoxy) is 2. The second-order valence-electron chi connectivity index (χ2n) is 2.83. The van der Waals surface area contributed by atoms with Crippen molar-refractivity contribution in [3.63, 3.8) is 0 Å². The zero-order valence-electron chi connectivity index (χ0n) is 7.50. The van der Waals surface area contributed by atoms with Gasteiger partial charge in [0.05, 0.1) is 18.8 Å². The van der Waals surface area contributed by atoms with Crippen LogP contribution in [0, 0.1) is 0 Å². The monoisotopic (exact) mass is 170 g/mol. The zero-order chi connectivity index (χ0) is 8.97. The average Bonchev–Trinajstić information content (AvgIpc) is 2.36. The summed E-state index contributed by atoms with van der Waals surface area (Å²) in [5, 5.41) is 0. The van der Waals surface area contributed by atoms with E-state index in [1.165, 1.54) is 6.08 Å². The van der Waals surface area contributed by atoms with Gasteiger partial charge in [-0.05, 0) is 20.3 Å². The first-order chi connectivity index (χ1) is 5.72. The molecule has 0 radical (unpaired) electrons. The normalized spacial score (nSPS) is 25.5. The molecule has 0 bridgehead atoms. The molecule has 1 heterocycles. The van der Waals surface area contributed by atoms with Crippen LogP contribution in [0.3, 0.4) is 0 Å². The van der Waals surface area contributed by atoms with Gasteiger partial charge in [-0.15, -0.1) is 0 Å². The van der Waals surface area contributed by atoms with E-state index in [-0.39, 0.29) is 12.1 Å². The highest BCUT2D eigenvalue weighted by molar-refractivity contribution is 5.82. The molecular formula is C9H14O3. The maximum atomic E-state index is 10.9. The smallest absolute Gasteiger partial charge is 0.334 e. The fraction of sp³-hybridized carbons (Fsp3) is 0.667. The van der Waals surface area contributed by atoms with Crippen molar-refractivity contribution in [2.24, 2.45) is 0 Å². The van der Waals surface area contributed by atoms with Gasteiger partial charge in [0, 0.05) is 6.42 Å². The molecule has 0 aromatic carbocycles. The summed E-state index contributed by atoms with van der Waals surface area (Å²) < 4.78 is 10.1. The second-order valence-corrected chi connectivity index (χ2v) is 2.83. The summed E-state index contributed by atoms with van der Waals surface area (Å²) in [6.45, 7) is 4.19. The van der Waals surface area contributed by atoms with E-state index in [2.05, 4.69) is 0 Å². The summed E-state index contributed by atoms with van der Waals surface area (Å²) in [7, 11) is 0. The summed E-state index contributed by atoms with van der Waals surface area (Å²) in [6.07, 6.45) is 3.52. The van der Waals surface area contributed by atoms with E-state index in [4.69, 9.17) is 9.47 Å². The first-order valence-corrected chi connectivity index (χ1v) is 4.26. The molecule has 1 aliphatic rings. The molecule has 0 N–H and O–H groups in total. The van der Waals surface area contributed by atoms with Gasteiger partial charge in [-0.2, -0.15) is 0 Å². The Morgan fingerprint density at radius 3 is 3.08 bits per heavy atom. The van der Waals surface area contributed by atoms with E-state index in [9.17, 15) is 4.79 Å². The Morgan fingerprint density at radius 2 is 2.58 bits per heavy atom. The first-order valence-electron chi connectivity index (χ1n) is 4.26. The summed E-state index contributed by atoms with van der Waals surface area (Å²) >= 11 is 0. The van der Waals surface area contributed by atoms with Crippen LogP contribution >= 0.6 is 0 Å². The van der Waals surface area contributed by atoms with E-state index in [0.29, 0.717) is 6.61 Å². The molecule has 0 aliphatic carbocycles. The van der Waals surface area contributed by atoms with Crippen LogP contribution < -0.4 is 0 Å². The standard InChI is InChI=1S/C9H14O3/c1-3-11-9(10)6-8-5-4-7(2)12-8/h6-7H,3-5H2,1-2H3/b8-6-/t7-/m0/s1. The number of carbonyl (C=O) groups excluding carboxylic acids is 1. The fourth-order valence-corrected chi connectivity index (χ4v) is 1.14. The van der Waals surface area contributed by atoms with Crippen LogP contribution in [0.2, 0.25) is 0 Å². The van der Waals surface area contributed by atoms with Crippen LogP contribution in [0.5, 0.6) is 0 Å². The lowest BCUT2D eigenvalue weighted by atomic mass is 10.2. The quantitative estimate of drug-likeness (QED) is 0.466. The Balaban J connectivity index is 2.41. The van der Waals surface area contributed by atoms with Crippen LogP contribution in [0.4, 0.5) is 0 Å². The third kappa shape index (κ3) is 2.57.